The first kappa shape index (κ1) is 23.8. The van der Waals surface area contributed by atoms with E-state index in [1.165, 1.54) is 29.0 Å². The predicted octanol–water partition coefficient (Wildman–Crippen LogP) is 6.48. The molecule has 4 aromatic rings. The largest absolute Gasteiger partial charge is 0.453 e. The summed E-state index contributed by atoms with van der Waals surface area (Å²) in [6, 6.07) is 12.1. The molecule has 0 fully saturated rings. The van der Waals surface area contributed by atoms with E-state index < -0.39 is 5.82 Å². The van der Waals surface area contributed by atoms with E-state index in [9.17, 15) is 9.18 Å². The van der Waals surface area contributed by atoms with Crippen LogP contribution in [0.5, 0.6) is 11.5 Å². The van der Waals surface area contributed by atoms with E-state index in [-0.39, 0.29) is 5.75 Å². The highest BCUT2D eigenvalue weighted by Crippen LogP contribution is 2.39. The SMILES string of the molecule is CCCN(CCC)Cc1ccc(-c2cc3nccc(Oc4ccc(NC=O)cc4F)c3s2)nc1. The lowest BCUT2D eigenvalue weighted by atomic mass is 10.2. The molecule has 0 radical (unpaired) electrons. The highest BCUT2D eigenvalue weighted by Gasteiger charge is 2.14. The van der Waals surface area contributed by atoms with Crippen LogP contribution >= 0.6 is 11.3 Å². The molecule has 0 unspecified atom stereocenters. The molecule has 3 heterocycles. The van der Waals surface area contributed by atoms with Crippen LogP contribution < -0.4 is 10.1 Å². The van der Waals surface area contributed by atoms with Crippen molar-refractivity contribution in [3.63, 3.8) is 0 Å². The Balaban J connectivity index is 1.55. The minimum atomic E-state index is -0.564. The summed E-state index contributed by atoms with van der Waals surface area (Å²) in [6.07, 6.45) is 6.35. The van der Waals surface area contributed by atoms with Gasteiger partial charge in [0.2, 0.25) is 6.41 Å². The van der Waals surface area contributed by atoms with Crippen molar-refractivity contribution in [3.05, 3.63) is 66.2 Å². The zero-order chi connectivity index (χ0) is 23.9. The molecule has 0 saturated carbocycles. The number of ether oxygens (including phenoxy) is 1. The maximum atomic E-state index is 14.4. The van der Waals surface area contributed by atoms with Gasteiger partial charge in [-0.15, -0.1) is 11.3 Å². The van der Waals surface area contributed by atoms with Crippen LogP contribution in [0.3, 0.4) is 0 Å². The van der Waals surface area contributed by atoms with Gasteiger partial charge in [-0.2, -0.15) is 0 Å². The van der Waals surface area contributed by atoms with E-state index in [0.29, 0.717) is 17.8 Å². The molecule has 0 saturated heterocycles. The lowest BCUT2D eigenvalue weighted by Gasteiger charge is -2.20. The Morgan fingerprint density at radius 1 is 1.06 bits per heavy atom. The first-order chi connectivity index (χ1) is 16.6. The van der Waals surface area contributed by atoms with Gasteiger partial charge in [-0.05, 0) is 55.8 Å². The fourth-order valence-electron chi connectivity index (χ4n) is 3.81. The molecule has 3 aromatic heterocycles. The molecule has 4 rings (SSSR count). The summed E-state index contributed by atoms with van der Waals surface area (Å²) in [7, 11) is 0. The third-order valence-electron chi connectivity index (χ3n) is 5.32. The molecule has 1 amide bonds. The number of nitrogens with one attached hydrogen (secondary N) is 1. The van der Waals surface area contributed by atoms with Crippen molar-refractivity contribution in [1.29, 1.82) is 0 Å². The lowest BCUT2D eigenvalue weighted by molar-refractivity contribution is -0.105. The molecule has 0 bridgehead atoms. The van der Waals surface area contributed by atoms with Crippen LogP contribution in [-0.2, 0) is 11.3 Å². The van der Waals surface area contributed by atoms with Crippen molar-refractivity contribution < 1.29 is 13.9 Å². The summed E-state index contributed by atoms with van der Waals surface area (Å²) in [5, 5.41) is 2.42. The maximum Gasteiger partial charge on any atom is 0.211 e. The van der Waals surface area contributed by atoms with Gasteiger partial charge >= 0.3 is 0 Å². The summed E-state index contributed by atoms with van der Waals surface area (Å²) in [5.74, 6) is 0.0266. The van der Waals surface area contributed by atoms with E-state index in [0.717, 1.165) is 53.3 Å². The molecule has 0 atom stereocenters. The van der Waals surface area contributed by atoms with Gasteiger partial charge in [0, 0.05) is 36.8 Å². The summed E-state index contributed by atoms with van der Waals surface area (Å²) < 4.78 is 21.1. The zero-order valence-corrected chi connectivity index (χ0v) is 20.1. The molecule has 176 valence electrons. The Morgan fingerprint density at radius 2 is 1.88 bits per heavy atom. The number of carbonyl (C=O) groups excluding carboxylic acids is 1. The summed E-state index contributed by atoms with van der Waals surface area (Å²) in [6.45, 7) is 7.46. The van der Waals surface area contributed by atoms with Gasteiger partial charge in [0.05, 0.1) is 20.8 Å². The second-order valence-corrected chi connectivity index (χ2v) is 9.02. The van der Waals surface area contributed by atoms with Crippen molar-refractivity contribution in [3.8, 4) is 22.1 Å². The fourth-order valence-corrected chi connectivity index (χ4v) is 4.85. The molecule has 0 spiro atoms. The minimum absolute atomic E-state index is 0.0742. The van der Waals surface area contributed by atoms with Crippen molar-refractivity contribution in [1.82, 2.24) is 14.9 Å². The van der Waals surface area contributed by atoms with Crippen LogP contribution in [-0.4, -0.2) is 34.4 Å². The number of hydrogen-bond donors (Lipinski definition) is 1. The van der Waals surface area contributed by atoms with Crippen molar-refractivity contribution in [2.24, 2.45) is 0 Å². The Kier molecular flexibility index (Phi) is 7.82. The summed E-state index contributed by atoms with van der Waals surface area (Å²) >= 11 is 1.51. The predicted molar refractivity (Wildman–Crippen MR) is 135 cm³/mol. The number of thiophene rings is 1. The normalized spacial score (nSPS) is 11.2. The molecule has 1 aromatic carbocycles. The van der Waals surface area contributed by atoms with Crippen LogP contribution in [0, 0.1) is 5.82 Å². The first-order valence-corrected chi connectivity index (χ1v) is 12.2. The number of amides is 1. The van der Waals surface area contributed by atoms with E-state index in [1.54, 1.807) is 18.3 Å². The summed E-state index contributed by atoms with van der Waals surface area (Å²) in [4.78, 5) is 23.1. The molecule has 0 aliphatic heterocycles. The number of benzene rings is 1. The average molecular weight is 479 g/mol. The molecule has 0 aliphatic rings. The van der Waals surface area contributed by atoms with Crippen LogP contribution in [0.1, 0.15) is 32.3 Å². The Labute approximate surface area is 202 Å². The van der Waals surface area contributed by atoms with Gasteiger partial charge in [0.1, 0.15) is 5.75 Å². The Bertz CT molecular complexity index is 1250. The number of fused-ring (bicyclic) bond motifs is 1. The summed E-state index contributed by atoms with van der Waals surface area (Å²) in [5.41, 5.74) is 3.18. The van der Waals surface area contributed by atoms with Gasteiger partial charge in [0.25, 0.3) is 0 Å². The average Bonchev–Trinajstić information content (AvgIpc) is 3.27. The van der Waals surface area contributed by atoms with Crippen molar-refractivity contribution >= 4 is 33.7 Å². The van der Waals surface area contributed by atoms with E-state index >= 15 is 0 Å². The number of anilines is 1. The molecular formula is C26H27FN4O2S. The van der Waals surface area contributed by atoms with Crippen LogP contribution in [0.15, 0.2) is 54.9 Å². The molecule has 1 N–H and O–H groups in total. The standard InChI is InChI=1S/C26H27FN4O2S/c1-3-11-31(12-4-2)16-18-5-7-21(29-15-18)25-14-22-26(34-25)24(9-10-28-22)33-23-8-6-19(30-17-32)13-20(23)27/h5-10,13-15,17H,3-4,11-12,16H2,1-2H3,(H,30,32). The second-order valence-electron chi connectivity index (χ2n) is 7.97. The molecular weight excluding hydrogens is 451 g/mol. The third-order valence-corrected chi connectivity index (χ3v) is 6.48. The van der Waals surface area contributed by atoms with Crippen LogP contribution in [0.2, 0.25) is 0 Å². The Hall–Kier alpha value is -3.36. The molecule has 8 heteroatoms. The Morgan fingerprint density at radius 3 is 2.56 bits per heavy atom. The highest BCUT2D eigenvalue weighted by molar-refractivity contribution is 7.22. The number of rotatable bonds is 11. The number of hydrogen-bond acceptors (Lipinski definition) is 6. The maximum absolute atomic E-state index is 14.4. The molecule has 0 aliphatic carbocycles. The molecule has 6 nitrogen and oxygen atoms in total. The van der Waals surface area contributed by atoms with Crippen molar-refractivity contribution in [2.75, 3.05) is 18.4 Å². The number of carbonyl (C=O) groups is 1. The third kappa shape index (κ3) is 5.58. The first-order valence-electron chi connectivity index (χ1n) is 11.3. The topological polar surface area (TPSA) is 67.3 Å². The number of nitrogens with zero attached hydrogens (tertiary/aromatic N) is 3. The highest BCUT2D eigenvalue weighted by atomic mass is 32.1. The van der Waals surface area contributed by atoms with Gasteiger partial charge in [-0.25, -0.2) is 4.39 Å². The second kappa shape index (κ2) is 11.2. The quantitative estimate of drug-likeness (QED) is 0.250. The van der Waals surface area contributed by atoms with E-state index in [2.05, 4.69) is 35.1 Å². The van der Waals surface area contributed by atoms with Gasteiger partial charge in [-0.3, -0.25) is 19.7 Å². The van der Waals surface area contributed by atoms with Gasteiger partial charge in [-0.1, -0.05) is 19.9 Å². The monoisotopic (exact) mass is 478 g/mol. The van der Waals surface area contributed by atoms with E-state index in [1.807, 2.05) is 18.3 Å². The van der Waals surface area contributed by atoms with Gasteiger partial charge < -0.3 is 10.1 Å². The minimum Gasteiger partial charge on any atom is -0.453 e. The number of aromatic nitrogens is 2. The smallest absolute Gasteiger partial charge is 0.211 e. The van der Waals surface area contributed by atoms with Crippen LogP contribution in [0.4, 0.5) is 10.1 Å². The number of halogens is 1. The molecule has 34 heavy (non-hydrogen) atoms. The fraction of sp³-hybridized carbons (Fsp3) is 0.269. The van der Waals surface area contributed by atoms with Crippen molar-refractivity contribution in [2.45, 2.75) is 33.2 Å². The lowest BCUT2D eigenvalue weighted by Crippen LogP contribution is -2.24. The van der Waals surface area contributed by atoms with Gasteiger partial charge in [0.15, 0.2) is 11.6 Å². The van der Waals surface area contributed by atoms with E-state index in [4.69, 9.17) is 9.72 Å². The zero-order valence-electron chi connectivity index (χ0n) is 19.3. The number of pyridine rings is 2. The van der Waals surface area contributed by atoms with Crippen LogP contribution in [0.25, 0.3) is 20.8 Å².